The van der Waals surface area contributed by atoms with Crippen LogP contribution in [-0.4, -0.2) is 25.0 Å². The van der Waals surface area contributed by atoms with E-state index in [0.29, 0.717) is 11.6 Å². The van der Waals surface area contributed by atoms with Crippen molar-refractivity contribution in [3.63, 3.8) is 0 Å². The summed E-state index contributed by atoms with van der Waals surface area (Å²) < 4.78 is 1.68. The molecule has 0 atom stereocenters. The molecule has 1 heterocycles. The van der Waals surface area contributed by atoms with Crippen molar-refractivity contribution < 1.29 is 10.2 Å². The zero-order valence-electron chi connectivity index (χ0n) is 12.0. The lowest BCUT2D eigenvalue weighted by atomic mass is 9.99. The second kappa shape index (κ2) is 6.51. The first-order chi connectivity index (χ1) is 10.8. The minimum Gasteiger partial charge on any atom is -0.388 e. The van der Waals surface area contributed by atoms with Gasteiger partial charge in [-0.15, -0.1) is 0 Å². The van der Waals surface area contributed by atoms with Crippen LogP contribution in [0.4, 0.5) is 0 Å². The second-order valence-corrected chi connectivity index (χ2v) is 4.93. The van der Waals surface area contributed by atoms with Crippen LogP contribution in [-0.2, 0) is 13.2 Å². The summed E-state index contributed by atoms with van der Waals surface area (Å²) in [5.74, 6) is 0.739. The predicted molar refractivity (Wildman–Crippen MR) is 82.0 cm³/mol. The van der Waals surface area contributed by atoms with Gasteiger partial charge in [-0.25, -0.2) is 9.67 Å². The van der Waals surface area contributed by atoms with Crippen molar-refractivity contribution in [1.82, 2.24) is 14.8 Å². The summed E-state index contributed by atoms with van der Waals surface area (Å²) in [6, 6.07) is 19.6. The minimum atomic E-state index is -0.254. The summed E-state index contributed by atoms with van der Waals surface area (Å²) in [6.07, 6.45) is 0. The molecular weight excluding hydrogens is 278 g/mol. The largest absolute Gasteiger partial charge is 0.388 e. The quantitative estimate of drug-likeness (QED) is 0.754. The van der Waals surface area contributed by atoms with Crippen molar-refractivity contribution in [3.05, 3.63) is 83.4 Å². The summed E-state index contributed by atoms with van der Waals surface area (Å²) in [4.78, 5) is 4.17. The SMILES string of the molecule is OCc1nc(CO)n(C(c2ccccc2)c2ccccc2)n1. The Morgan fingerprint density at radius 1 is 0.818 bits per heavy atom. The molecule has 5 nitrogen and oxygen atoms in total. The highest BCUT2D eigenvalue weighted by Crippen LogP contribution is 2.27. The average Bonchev–Trinajstić information content (AvgIpc) is 3.00. The molecule has 3 aromatic rings. The molecule has 0 aliphatic rings. The smallest absolute Gasteiger partial charge is 0.176 e. The maximum Gasteiger partial charge on any atom is 0.176 e. The monoisotopic (exact) mass is 295 g/mol. The van der Waals surface area contributed by atoms with E-state index in [4.69, 9.17) is 0 Å². The van der Waals surface area contributed by atoms with Gasteiger partial charge in [0.15, 0.2) is 11.6 Å². The molecule has 0 unspecified atom stereocenters. The Morgan fingerprint density at radius 2 is 1.36 bits per heavy atom. The van der Waals surface area contributed by atoms with E-state index in [9.17, 15) is 10.2 Å². The van der Waals surface area contributed by atoms with E-state index in [1.54, 1.807) is 4.68 Å². The highest BCUT2D eigenvalue weighted by Gasteiger charge is 2.21. The van der Waals surface area contributed by atoms with Crippen LogP contribution in [0.15, 0.2) is 60.7 Å². The number of rotatable bonds is 5. The lowest BCUT2D eigenvalue weighted by molar-refractivity contribution is 0.261. The Labute approximate surface area is 128 Å². The van der Waals surface area contributed by atoms with Crippen LogP contribution in [0.5, 0.6) is 0 Å². The van der Waals surface area contributed by atoms with Gasteiger partial charge in [0.05, 0.1) is 0 Å². The highest BCUT2D eigenvalue weighted by atomic mass is 16.3. The van der Waals surface area contributed by atoms with Crippen molar-refractivity contribution in [2.45, 2.75) is 19.3 Å². The van der Waals surface area contributed by atoms with Crippen LogP contribution < -0.4 is 0 Å². The molecule has 1 aromatic heterocycles. The van der Waals surface area contributed by atoms with Gasteiger partial charge in [0, 0.05) is 0 Å². The summed E-state index contributed by atoms with van der Waals surface area (Å²) in [5, 5.41) is 23.2. The van der Waals surface area contributed by atoms with E-state index < -0.39 is 0 Å². The third-order valence-corrected chi connectivity index (χ3v) is 3.50. The normalized spacial score (nSPS) is 11.0. The molecule has 2 N–H and O–H groups in total. The van der Waals surface area contributed by atoms with Gasteiger partial charge in [0.1, 0.15) is 19.3 Å². The van der Waals surface area contributed by atoms with Crippen molar-refractivity contribution in [1.29, 1.82) is 0 Å². The van der Waals surface area contributed by atoms with Crippen molar-refractivity contribution in [3.8, 4) is 0 Å². The highest BCUT2D eigenvalue weighted by molar-refractivity contribution is 5.32. The number of benzene rings is 2. The summed E-state index contributed by atoms with van der Waals surface area (Å²) in [7, 11) is 0. The van der Waals surface area contributed by atoms with E-state index in [1.807, 2.05) is 60.7 Å². The summed E-state index contributed by atoms with van der Waals surface area (Å²) in [6.45, 7) is -0.487. The number of aromatic nitrogens is 3. The molecule has 0 amide bonds. The first kappa shape index (κ1) is 14.4. The molecule has 0 saturated heterocycles. The Bertz CT molecular complexity index is 687. The predicted octanol–water partition coefficient (Wildman–Crippen LogP) is 1.90. The average molecular weight is 295 g/mol. The van der Waals surface area contributed by atoms with Crippen LogP contribution in [0, 0.1) is 0 Å². The van der Waals surface area contributed by atoms with E-state index >= 15 is 0 Å². The minimum absolute atomic E-state index is 0.197. The fourth-order valence-electron chi connectivity index (χ4n) is 2.53. The lowest BCUT2D eigenvalue weighted by Crippen LogP contribution is -2.17. The fraction of sp³-hybridized carbons (Fsp3) is 0.176. The van der Waals surface area contributed by atoms with Gasteiger partial charge >= 0.3 is 0 Å². The zero-order chi connectivity index (χ0) is 15.4. The number of aliphatic hydroxyl groups is 2. The Kier molecular flexibility index (Phi) is 4.27. The van der Waals surface area contributed by atoms with E-state index in [0.717, 1.165) is 11.1 Å². The van der Waals surface area contributed by atoms with Crippen LogP contribution in [0.2, 0.25) is 0 Å². The van der Waals surface area contributed by atoms with Crippen molar-refractivity contribution in [2.24, 2.45) is 0 Å². The molecule has 0 radical (unpaired) electrons. The summed E-state index contributed by atoms with van der Waals surface area (Å²) in [5.41, 5.74) is 2.08. The van der Waals surface area contributed by atoms with E-state index in [2.05, 4.69) is 10.1 Å². The molecule has 0 bridgehead atoms. The van der Waals surface area contributed by atoms with Gasteiger partial charge < -0.3 is 10.2 Å². The van der Waals surface area contributed by atoms with Crippen LogP contribution >= 0.6 is 0 Å². The van der Waals surface area contributed by atoms with Crippen LogP contribution in [0.1, 0.15) is 28.8 Å². The first-order valence-corrected chi connectivity index (χ1v) is 7.09. The maximum absolute atomic E-state index is 9.57. The summed E-state index contributed by atoms with van der Waals surface area (Å²) >= 11 is 0. The van der Waals surface area contributed by atoms with E-state index in [-0.39, 0.29) is 19.3 Å². The van der Waals surface area contributed by atoms with Gasteiger partial charge in [-0.2, -0.15) is 5.10 Å². The first-order valence-electron chi connectivity index (χ1n) is 7.09. The molecule has 2 aromatic carbocycles. The number of hydrogen-bond acceptors (Lipinski definition) is 4. The molecule has 3 rings (SSSR count). The third kappa shape index (κ3) is 2.77. The topological polar surface area (TPSA) is 71.2 Å². The lowest BCUT2D eigenvalue weighted by Gasteiger charge is -2.20. The molecule has 0 fully saturated rings. The molecule has 0 aliphatic heterocycles. The zero-order valence-corrected chi connectivity index (χ0v) is 12.0. The molecule has 0 spiro atoms. The van der Waals surface area contributed by atoms with Gasteiger partial charge in [-0.1, -0.05) is 60.7 Å². The molecule has 0 aliphatic carbocycles. The van der Waals surface area contributed by atoms with E-state index in [1.165, 1.54) is 0 Å². The molecule has 112 valence electrons. The van der Waals surface area contributed by atoms with Gasteiger partial charge in [0.25, 0.3) is 0 Å². The van der Waals surface area contributed by atoms with Crippen LogP contribution in [0.3, 0.4) is 0 Å². The third-order valence-electron chi connectivity index (χ3n) is 3.50. The Hall–Kier alpha value is -2.50. The maximum atomic E-state index is 9.57. The van der Waals surface area contributed by atoms with Gasteiger partial charge in [-0.3, -0.25) is 0 Å². The molecular formula is C17H17N3O2. The number of aliphatic hydroxyl groups excluding tert-OH is 2. The van der Waals surface area contributed by atoms with Crippen molar-refractivity contribution >= 4 is 0 Å². The van der Waals surface area contributed by atoms with Gasteiger partial charge in [0.2, 0.25) is 0 Å². The van der Waals surface area contributed by atoms with Crippen LogP contribution in [0.25, 0.3) is 0 Å². The Balaban J connectivity index is 2.16. The number of hydrogen-bond donors (Lipinski definition) is 2. The second-order valence-electron chi connectivity index (χ2n) is 4.93. The molecule has 0 saturated carbocycles. The Morgan fingerprint density at radius 3 is 1.82 bits per heavy atom. The van der Waals surface area contributed by atoms with Gasteiger partial charge in [-0.05, 0) is 11.1 Å². The number of nitrogens with zero attached hydrogens (tertiary/aromatic N) is 3. The fourth-order valence-corrected chi connectivity index (χ4v) is 2.53. The standard InChI is InChI=1S/C17H17N3O2/c21-11-15-18-16(12-22)20(19-15)17(13-7-3-1-4-8-13)14-9-5-2-6-10-14/h1-10,17,21-22H,11-12H2. The molecule has 22 heavy (non-hydrogen) atoms. The van der Waals surface area contributed by atoms with Crippen molar-refractivity contribution in [2.75, 3.05) is 0 Å². The molecule has 5 heteroatoms.